The van der Waals surface area contributed by atoms with Crippen LogP contribution in [0, 0.1) is 6.92 Å². The second-order valence-electron chi connectivity index (χ2n) is 5.37. The first kappa shape index (κ1) is 17.1. The van der Waals surface area contributed by atoms with Gasteiger partial charge in [-0.2, -0.15) is 0 Å². The number of rotatable bonds is 4. The van der Waals surface area contributed by atoms with Crippen LogP contribution in [0.2, 0.25) is 10.0 Å². The summed E-state index contributed by atoms with van der Waals surface area (Å²) in [5, 5.41) is 0.454. The summed E-state index contributed by atoms with van der Waals surface area (Å²) in [6, 6.07) is 10.1. The Bertz CT molecular complexity index is 802. The van der Waals surface area contributed by atoms with Crippen molar-refractivity contribution in [2.75, 3.05) is 4.72 Å². The minimum Gasteiger partial charge on any atom is -0.279 e. The van der Waals surface area contributed by atoms with E-state index in [1.165, 1.54) is 12.1 Å². The van der Waals surface area contributed by atoms with Gasteiger partial charge in [-0.05, 0) is 42.2 Å². The smallest absolute Gasteiger partial charge is 0.263 e. The fraction of sp³-hybridized carbons (Fsp3) is 0.250. The molecule has 118 valence electrons. The Kier molecular flexibility index (Phi) is 5.05. The Hall–Kier alpha value is -1.23. The Morgan fingerprint density at radius 2 is 1.77 bits per heavy atom. The van der Waals surface area contributed by atoms with Gasteiger partial charge >= 0.3 is 0 Å². The largest absolute Gasteiger partial charge is 0.279 e. The summed E-state index contributed by atoms with van der Waals surface area (Å²) in [6.45, 7) is 5.89. The van der Waals surface area contributed by atoms with E-state index in [4.69, 9.17) is 23.2 Å². The van der Waals surface area contributed by atoms with Gasteiger partial charge in [-0.25, -0.2) is 8.42 Å². The van der Waals surface area contributed by atoms with Crippen molar-refractivity contribution < 1.29 is 8.42 Å². The first-order valence-electron chi connectivity index (χ1n) is 6.79. The molecule has 0 fully saturated rings. The minimum absolute atomic E-state index is 0.0281. The Labute approximate surface area is 141 Å². The molecule has 0 spiro atoms. The lowest BCUT2D eigenvalue weighted by atomic mass is 9.99. The van der Waals surface area contributed by atoms with E-state index in [-0.39, 0.29) is 15.8 Å². The third-order valence-corrected chi connectivity index (χ3v) is 5.41. The number of hydrogen-bond donors (Lipinski definition) is 1. The van der Waals surface area contributed by atoms with E-state index in [2.05, 4.69) is 4.72 Å². The van der Waals surface area contributed by atoms with E-state index >= 15 is 0 Å². The summed E-state index contributed by atoms with van der Waals surface area (Å²) >= 11 is 11.9. The van der Waals surface area contributed by atoms with Gasteiger partial charge < -0.3 is 0 Å². The highest BCUT2D eigenvalue weighted by molar-refractivity contribution is 7.92. The maximum atomic E-state index is 12.6. The SMILES string of the molecule is Cc1cccc(C(C)C)c1NS(=O)(=O)c1cc(Cl)ccc1Cl. The molecule has 0 radical (unpaired) electrons. The van der Waals surface area contributed by atoms with Crippen molar-refractivity contribution >= 4 is 38.9 Å². The molecule has 0 aliphatic rings. The average Bonchev–Trinajstić information content (AvgIpc) is 2.43. The molecule has 0 bridgehead atoms. The molecule has 0 aliphatic carbocycles. The molecule has 0 aromatic heterocycles. The van der Waals surface area contributed by atoms with Crippen molar-refractivity contribution in [3.63, 3.8) is 0 Å². The predicted octanol–water partition coefficient (Wildman–Crippen LogP) is 5.23. The molecule has 6 heteroatoms. The highest BCUT2D eigenvalue weighted by Gasteiger charge is 2.21. The highest BCUT2D eigenvalue weighted by Crippen LogP contribution is 2.32. The summed E-state index contributed by atoms with van der Waals surface area (Å²) in [4.78, 5) is -0.0281. The van der Waals surface area contributed by atoms with Gasteiger partial charge in [0.05, 0.1) is 10.7 Å². The predicted molar refractivity (Wildman–Crippen MR) is 92.5 cm³/mol. The van der Waals surface area contributed by atoms with Gasteiger partial charge in [-0.1, -0.05) is 55.2 Å². The van der Waals surface area contributed by atoms with Crippen LogP contribution in [0.1, 0.15) is 30.9 Å². The minimum atomic E-state index is -3.81. The molecule has 0 heterocycles. The first-order valence-corrected chi connectivity index (χ1v) is 9.03. The van der Waals surface area contributed by atoms with E-state index in [0.29, 0.717) is 10.7 Å². The van der Waals surface area contributed by atoms with Crippen LogP contribution in [-0.2, 0) is 10.0 Å². The molecule has 0 saturated heterocycles. The van der Waals surface area contributed by atoms with E-state index in [9.17, 15) is 8.42 Å². The van der Waals surface area contributed by atoms with Crippen molar-refractivity contribution in [1.82, 2.24) is 0 Å². The van der Waals surface area contributed by atoms with E-state index < -0.39 is 10.0 Å². The fourth-order valence-corrected chi connectivity index (χ4v) is 4.11. The quantitative estimate of drug-likeness (QED) is 0.814. The van der Waals surface area contributed by atoms with E-state index in [0.717, 1.165) is 11.1 Å². The summed E-state index contributed by atoms with van der Waals surface area (Å²) in [5.74, 6) is 0.187. The van der Waals surface area contributed by atoms with Gasteiger partial charge in [0, 0.05) is 5.02 Å². The van der Waals surface area contributed by atoms with Crippen LogP contribution in [0.5, 0.6) is 0 Å². The molecule has 2 aromatic carbocycles. The van der Waals surface area contributed by atoms with Crippen molar-refractivity contribution in [3.8, 4) is 0 Å². The lowest BCUT2D eigenvalue weighted by Gasteiger charge is -2.18. The topological polar surface area (TPSA) is 46.2 Å². The van der Waals surface area contributed by atoms with Crippen LogP contribution in [0.25, 0.3) is 0 Å². The molecule has 2 aromatic rings. The molecule has 3 nitrogen and oxygen atoms in total. The second-order valence-corrected chi connectivity index (χ2v) is 7.87. The number of para-hydroxylation sites is 1. The van der Waals surface area contributed by atoms with E-state index in [1.54, 1.807) is 6.07 Å². The maximum absolute atomic E-state index is 12.6. The molecular formula is C16H17Cl2NO2S. The second kappa shape index (κ2) is 6.49. The molecule has 1 N–H and O–H groups in total. The molecule has 0 saturated carbocycles. The summed E-state index contributed by atoms with van der Waals surface area (Å²) in [6.07, 6.45) is 0. The number of nitrogens with one attached hydrogen (secondary N) is 1. The summed E-state index contributed by atoms with van der Waals surface area (Å²) < 4.78 is 27.9. The number of halogens is 2. The monoisotopic (exact) mass is 357 g/mol. The molecular weight excluding hydrogens is 341 g/mol. The highest BCUT2D eigenvalue weighted by atomic mass is 35.5. The molecule has 22 heavy (non-hydrogen) atoms. The number of anilines is 1. The summed E-state index contributed by atoms with van der Waals surface area (Å²) in [7, 11) is -3.81. The zero-order valence-electron chi connectivity index (χ0n) is 12.5. The van der Waals surface area contributed by atoms with Gasteiger partial charge in [-0.15, -0.1) is 0 Å². The maximum Gasteiger partial charge on any atom is 0.263 e. The lowest BCUT2D eigenvalue weighted by molar-refractivity contribution is 0.601. The van der Waals surface area contributed by atoms with Gasteiger partial charge in [0.25, 0.3) is 10.0 Å². The van der Waals surface area contributed by atoms with Gasteiger partial charge in [0.1, 0.15) is 4.90 Å². The van der Waals surface area contributed by atoms with Crippen LogP contribution >= 0.6 is 23.2 Å². The Balaban J connectivity index is 2.53. The van der Waals surface area contributed by atoms with Gasteiger partial charge in [0.2, 0.25) is 0 Å². The fourth-order valence-electron chi connectivity index (χ4n) is 2.18. The lowest BCUT2D eigenvalue weighted by Crippen LogP contribution is -2.16. The molecule has 0 aliphatic heterocycles. The van der Waals surface area contributed by atoms with E-state index in [1.807, 2.05) is 39.0 Å². The Morgan fingerprint density at radius 1 is 1.09 bits per heavy atom. The van der Waals surface area contributed by atoms with Crippen LogP contribution in [0.15, 0.2) is 41.3 Å². The van der Waals surface area contributed by atoms with Crippen LogP contribution < -0.4 is 4.72 Å². The number of aryl methyl sites for hydroxylation is 1. The van der Waals surface area contributed by atoms with Gasteiger partial charge in [0.15, 0.2) is 0 Å². The standard InChI is InChI=1S/C16H17Cl2NO2S/c1-10(2)13-6-4-5-11(3)16(13)19-22(20,21)15-9-12(17)7-8-14(15)18/h4-10,19H,1-3H3. The molecule has 2 rings (SSSR count). The van der Waals surface area contributed by atoms with Crippen molar-refractivity contribution in [1.29, 1.82) is 0 Å². The van der Waals surface area contributed by atoms with Crippen molar-refractivity contribution in [2.45, 2.75) is 31.6 Å². The normalized spacial score (nSPS) is 11.7. The van der Waals surface area contributed by atoms with Gasteiger partial charge in [-0.3, -0.25) is 4.72 Å². The molecule has 0 unspecified atom stereocenters. The number of benzene rings is 2. The summed E-state index contributed by atoms with van der Waals surface area (Å²) in [5.41, 5.74) is 2.38. The molecule has 0 atom stereocenters. The van der Waals surface area contributed by atoms with Crippen molar-refractivity contribution in [2.24, 2.45) is 0 Å². The van der Waals surface area contributed by atoms with Crippen LogP contribution in [-0.4, -0.2) is 8.42 Å². The third-order valence-electron chi connectivity index (χ3n) is 3.35. The number of hydrogen-bond acceptors (Lipinski definition) is 2. The van der Waals surface area contributed by atoms with Crippen LogP contribution in [0.3, 0.4) is 0 Å². The number of sulfonamides is 1. The van der Waals surface area contributed by atoms with Crippen LogP contribution in [0.4, 0.5) is 5.69 Å². The first-order chi connectivity index (χ1) is 10.2. The molecule has 0 amide bonds. The third kappa shape index (κ3) is 3.57. The zero-order valence-corrected chi connectivity index (χ0v) is 14.9. The van der Waals surface area contributed by atoms with Crippen molar-refractivity contribution in [3.05, 3.63) is 57.6 Å². The zero-order chi connectivity index (χ0) is 16.5. The Morgan fingerprint density at radius 3 is 2.41 bits per heavy atom. The average molecular weight is 358 g/mol.